The maximum atomic E-state index is 9.62. The van der Waals surface area contributed by atoms with Gasteiger partial charge in [-0.15, -0.1) is 0 Å². The van der Waals surface area contributed by atoms with Crippen LogP contribution in [0.1, 0.15) is 11.4 Å². The molecule has 1 heterocycles. The summed E-state index contributed by atoms with van der Waals surface area (Å²) < 4.78 is 12.5. The lowest BCUT2D eigenvalue weighted by atomic mass is 10.1. The highest BCUT2D eigenvalue weighted by Gasteiger charge is 2.12. The average molecular weight is 344 g/mol. The fourth-order valence-electron chi connectivity index (χ4n) is 2.70. The van der Waals surface area contributed by atoms with Crippen LogP contribution in [0.2, 0.25) is 0 Å². The summed E-state index contributed by atoms with van der Waals surface area (Å²) in [6.07, 6.45) is 1.75. The molecule has 0 aliphatic rings. The highest BCUT2D eigenvalue weighted by atomic mass is 16.5. The number of benzene rings is 2. The van der Waals surface area contributed by atoms with Gasteiger partial charge in [0.2, 0.25) is 0 Å². The van der Waals surface area contributed by atoms with Gasteiger partial charge < -0.3 is 14.0 Å². The monoisotopic (exact) mass is 344 g/mol. The van der Waals surface area contributed by atoms with Gasteiger partial charge in [0.05, 0.1) is 23.7 Å². The van der Waals surface area contributed by atoms with Gasteiger partial charge in [0.1, 0.15) is 12.1 Å². The smallest absolute Gasteiger partial charge is 0.174 e. The van der Waals surface area contributed by atoms with Crippen molar-refractivity contribution in [2.24, 2.45) is 7.05 Å². The summed E-state index contributed by atoms with van der Waals surface area (Å²) in [4.78, 5) is 4.56. The lowest BCUT2D eigenvalue weighted by molar-refractivity contribution is 0.329. The largest absolute Gasteiger partial charge is 0.493 e. The fourth-order valence-corrected chi connectivity index (χ4v) is 2.70. The molecule has 3 aromatic rings. The normalized spacial score (nSPS) is 11.0. The summed E-state index contributed by atoms with van der Waals surface area (Å²) in [6.45, 7) is -0.0607. The zero-order chi connectivity index (χ0) is 18.5. The van der Waals surface area contributed by atoms with Crippen molar-refractivity contribution in [3.8, 4) is 23.6 Å². The van der Waals surface area contributed by atoms with Crippen LogP contribution in [0.4, 0.5) is 0 Å². The SMILES string of the molecule is COc1cc(C=C(C#N)c2nc3ccccc3n2C)ccc1OCC#N. The average Bonchev–Trinajstić information content (AvgIpc) is 3.01. The lowest BCUT2D eigenvalue weighted by Gasteiger charge is -2.09. The van der Waals surface area contributed by atoms with Crippen LogP contribution in [0.15, 0.2) is 42.5 Å². The summed E-state index contributed by atoms with van der Waals surface area (Å²) in [5.74, 6) is 1.57. The summed E-state index contributed by atoms with van der Waals surface area (Å²) in [5.41, 5.74) is 3.01. The third-order valence-electron chi connectivity index (χ3n) is 3.94. The molecule has 0 bridgehead atoms. The van der Waals surface area contributed by atoms with E-state index in [0.717, 1.165) is 16.6 Å². The minimum Gasteiger partial charge on any atom is -0.493 e. The second-order valence-electron chi connectivity index (χ2n) is 5.51. The second kappa shape index (κ2) is 7.42. The Morgan fingerprint density at radius 3 is 2.69 bits per heavy atom. The molecule has 0 saturated carbocycles. The van der Waals surface area contributed by atoms with Gasteiger partial charge in [-0.3, -0.25) is 0 Å². The van der Waals surface area contributed by atoms with Crippen LogP contribution in [0.3, 0.4) is 0 Å². The van der Waals surface area contributed by atoms with Crippen molar-refractivity contribution < 1.29 is 9.47 Å². The number of ether oxygens (including phenoxy) is 2. The fraction of sp³-hybridized carbons (Fsp3) is 0.150. The molecule has 0 atom stereocenters. The number of nitriles is 2. The number of nitrogens with zero attached hydrogens (tertiary/aromatic N) is 4. The quantitative estimate of drug-likeness (QED) is 0.661. The summed E-state index contributed by atoms with van der Waals surface area (Å²) in [7, 11) is 3.41. The molecule has 2 aromatic carbocycles. The molecule has 0 amide bonds. The van der Waals surface area contributed by atoms with E-state index in [2.05, 4.69) is 11.1 Å². The molecule has 1 aromatic heterocycles. The van der Waals surface area contributed by atoms with Crippen LogP contribution in [-0.2, 0) is 7.05 Å². The van der Waals surface area contributed by atoms with Crippen LogP contribution >= 0.6 is 0 Å². The van der Waals surface area contributed by atoms with Crippen molar-refractivity contribution >= 4 is 22.7 Å². The topological polar surface area (TPSA) is 83.9 Å². The van der Waals surface area contributed by atoms with Crippen LogP contribution in [0.5, 0.6) is 11.5 Å². The predicted molar refractivity (Wildman–Crippen MR) is 98.3 cm³/mol. The molecule has 0 radical (unpaired) electrons. The molecule has 0 saturated heterocycles. The van der Waals surface area contributed by atoms with Gasteiger partial charge in [0.15, 0.2) is 23.9 Å². The number of fused-ring (bicyclic) bond motifs is 1. The van der Waals surface area contributed by atoms with E-state index >= 15 is 0 Å². The molecule has 0 N–H and O–H groups in total. The van der Waals surface area contributed by atoms with E-state index in [1.54, 1.807) is 24.3 Å². The first-order valence-electron chi connectivity index (χ1n) is 7.89. The Labute approximate surface area is 151 Å². The van der Waals surface area contributed by atoms with E-state index in [4.69, 9.17) is 14.7 Å². The van der Waals surface area contributed by atoms with Gasteiger partial charge in [-0.1, -0.05) is 18.2 Å². The third-order valence-corrected chi connectivity index (χ3v) is 3.94. The van der Waals surface area contributed by atoms with Gasteiger partial charge in [-0.25, -0.2) is 4.98 Å². The molecule has 0 unspecified atom stereocenters. The molecule has 128 valence electrons. The van der Waals surface area contributed by atoms with E-state index < -0.39 is 0 Å². The zero-order valence-corrected chi connectivity index (χ0v) is 14.4. The van der Waals surface area contributed by atoms with Crippen molar-refractivity contribution in [3.05, 3.63) is 53.9 Å². The minimum absolute atomic E-state index is 0.0607. The first kappa shape index (κ1) is 17.1. The number of para-hydroxylation sites is 2. The maximum absolute atomic E-state index is 9.62. The summed E-state index contributed by atoms with van der Waals surface area (Å²) >= 11 is 0. The second-order valence-corrected chi connectivity index (χ2v) is 5.51. The van der Waals surface area contributed by atoms with Crippen molar-refractivity contribution in [2.75, 3.05) is 13.7 Å². The van der Waals surface area contributed by atoms with E-state index in [0.29, 0.717) is 22.9 Å². The Balaban J connectivity index is 2.02. The maximum Gasteiger partial charge on any atom is 0.174 e. The first-order valence-corrected chi connectivity index (χ1v) is 7.89. The highest BCUT2D eigenvalue weighted by molar-refractivity contribution is 5.91. The number of hydrogen-bond donors (Lipinski definition) is 0. The Hall–Kier alpha value is -3.77. The number of methoxy groups -OCH3 is 1. The van der Waals surface area contributed by atoms with Gasteiger partial charge >= 0.3 is 0 Å². The van der Waals surface area contributed by atoms with Crippen molar-refractivity contribution in [1.82, 2.24) is 9.55 Å². The standard InChI is InChI=1S/C20H16N4O2/c1-24-17-6-4-3-5-16(17)23-20(24)15(13-22)11-14-7-8-18(26-10-9-21)19(12-14)25-2/h3-8,11-12H,10H2,1-2H3. The molecular weight excluding hydrogens is 328 g/mol. The third kappa shape index (κ3) is 3.22. The van der Waals surface area contributed by atoms with Crippen LogP contribution in [0.25, 0.3) is 22.7 Å². The molecule has 0 spiro atoms. The molecule has 3 rings (SSSR count). The summed E-state index contributed by atoms with van der Waals surface area (Å²) in [5, 5.41) is 18.3. The Morgan fingerprint density at radius 2 is 2.00 bits per heavy atom. The van der Waals surface area contributed by atoms with Crippen molar-refractivity contribution in [1.29, 1.82) is 10.5 Å². The number of hydrogen-bond acceptors (Lipinski definition) is 5. The van der Waals surface area contributed by atoms with Crippen LogP contribution in [0, 0.1) is 22.7 Å². The molecule has 0 fully saturated rings. The van der Waals surface area contributed by atoms with E-state index in [1.807, 2.05) is 41.9 Å². The van der Waals surface area contributed by atoms with E-state index in [-0.39, 0.29) is 6.61 Å². The molecule has 6 heteroatoms. The molecule has 26 heavy (non-hydrogen) atoms. The Morgan fingerprint density at radius 1 is 1.19 bits per heavy atom. The molecule has 0 aliphatic carbocycles. The van der Waals surface area contributed by atoms with Gasteiger partial charge in [-0.2, -0.15) is 10.5 Å². The van der Waals surface area contributed by atoms with Crippen LogP contribution < -0.4 is 9.47 Å². The van der Waals surface area contributed by atoms with Gasteiger partial charge in [0.25, 0.3) is 0 Å². The minimum atomic E-state index is -0.0607. The van der Waals surface area contributed by atoms with E-state index in [1.165, 1.54) is 7.11 Å². The van der Waals surface area contributed by atoms with Gasteiger partial charge in [0, 0.05) is 7.05 Å². The number of allylic oxidation sites excluding steroid dienone is 1. The Bertz CT molecular complexity index is 1070. The summed E-state index contributed by atoms with van der Waals surface area (Å²) in [6, 6.07) is 17.1. The zero-order valence-electron chi connectivity index (χ0n) is 14.4. The predicted octanol–water partition coefficient (Wildman–Crippen LogP) is 3.55. The first-order chi connectivity index (χ1) is 12.7. The number of rotatable bonds is 5. The van der Waals surface area contributed by atoms with E-state index in [9.17, 15) is 5.26 Å². The Kier molecular flexibility index (Phi) is 4.87. The number of aryl methyl sites for hydroxylation is 1. The lowest BCUT2D eigenvalue weighted by Crippen LogP contribution is -1.98. The number of aromatic nitrogens is 2. The molecular formula is C20H16N4O2. The molecule has 6 nitrogen and oxygen atoms in total. The molecule has 0 aliphatic heterocycles. The highest BCUT2D eigenvalue weighted by Crippen LogP contribution is 2.30. The van der Waals surface area contributed by atoms with Crippen LogP contribution in [-0.4, -0.2) is 23.3 Å². The van der Waals surface area contributed by atoms with Crippen molar-refractivity contribution in [2.45, 2.75) is 0 Å². The number of imidazole rings is 1. The van der Waals surface area contributed by atoms with Crippen molar-refractivity contribution in [3.63, 3.8) is 0 Å². The van der Waals surface area contributed by atoms with Gasteiger partial charge in [-0.05, 0) is 35.9 Å².